The number of aliphatic carboxylic acids is 1. The van der Waals surface area contributed by atoms with E-state index in [1.54, 1.807) is 26.2 Å². The standard InChI is InChI=1S/C14H19NO5S/c1-15(2)13(16)9-10-21(19,20)12-6-3-11(4-7-12)5-8-14(17)18/h3-4,6-7H,5,8-10H2,1-2H3,(H,17,18). The van der Waals surface area contributed by atoms with E-state index in [-0.39, 0.29) is 29.4 Å². The lowest BCUT2D eigenvalue weighted by atomic mass is 10.1. The third-order valence-electron chi connectivity index (χ3n) is 2.99. The van der Waals surface area contributed by atoms with Crippen LogP contribution in [0, 0.1) is 0 Å². The van der Waals surface area contributed by atoms with Crippen molar-refractivity contribution in [2.24, 2.45) is 0 Å². The van der Waals surface area contributed by atoms with Crippen LogP contribution < -0.4 is 0 Å². The Hall–Kier alpha value is -1.89. The van der Waals surface area contributed by atoms with E-state index in [2.05, 4.69) is 0 Å². The molecule has 0 radical (unpaired) electrons. The van der Waals surface area contributed by atoms with Gasteiger partial charge in [-0.3, -0.25) is 9.59 Å². The topological polar surface area (TPSA) is 91.8 Å². The predicted octanol–water partition coefficient (Wildman–Crippen LogP) is 0.956. The molecule has 1 amide bonds. The van der Waals surface area contributed by atoms with Gasteiger partial charge in [0.2, 0.25) is 5.91 Å². The Morgan fingerprint density at radius 2 is 1.67 bits per heavy atom. The van der Waals surface area contributed by atoms with Crippen molar-refractivity contribution in [3.8, 4) is 0 Å². The van der Waals surface area contributed by atoms with E-state index in [9.17, 15) is 18.0 Å². The molecule has 0 spiro atoms. The summed E-state index contributed by atoms with van der Waals surface area (Å²) in [6.07, 6.45) is 0.300. The fourth-order valence-corrected chi connectivity index (χ4v) is 2.91. The fraction of sp³-hybridized carbons (Fsp3) is 0.429. The first-order valence-electron chi connectivity index (χ1n) is 6.46. The number of carboxylic acid groups (broad SMARTS) is 1. The smallest absolute Gasteiger partial charge is 0.303 e. The summed E-state index contributed by atoms with van der Waals surface area (Å²) in [7, 11) is -0.350. The largest absolute Gasteiger partial charge is 0.481 e. The van der Waals surface area contributed by atoms with E-state index < -0.39 is 15.8 Å². The number of carbonyl (C=O) groups is 2. The number of rotatable bonds is 7. The number of aryl methyl sites for hydroxylation is 1. The van der Waals surface area contributed by atoms with Crippen molar-refractivity contribution in [3.63, 3.8) is 0 Å². The van der Waals surface area contributed by atoms with Crippen molar-refractivity contribution in [3.05, 3.63) is 29.8 Å². The van der Waals surface area contributed by atoms with Gasteiger partial charge in [-0.15, -0.1) is 0 Å². The summed E-state index contributed by atoms with van der Waals surface area (Å²) in [4.78, 5) is 23.4. The quantitative estimate of drug-likeness (QED) is 0.809. The summed E-state index contributed by atoms with van der Waals surface area (Å²) in [6, 6.07) is 6.10. The summed E-state index contributed by atoms with van der Waals surface area (Å²) in [5.74, 6) is -1.37. The molecule has 0 bridgehead atoms. The molecule has 1 aromatic carbocycles. The summed E-state index contributed by atoms with van der Waals surface area (Å²) >= 11 is 0. The van der Waals surface area contributed by atoms with Crippen LogP contribution in [0.2, 0.25) is 0 Å². The van der Waals surface area contributed by atoms with Crippen molar-refractivity contribution in [1.82, 2.24) is 4.90 Å². The molecule has 6 nitrogen and oxygen atoms in total. The van der Waals surface area contributed by atoms with E-state index in [0.717, 1.165) is 5.56 Å². The number of hydrogen-bond acceptors (Lipinski definition) is 4. The monoisotopic (exact) mass is 313 g/mol. The number of hydrogen-bond donors (Lipinski definition) is 1. The minimum absolute atomic E-state index is 0.00341. The Morgan fingerprint density at radius 1 is 1.10 bits per heavy atom. The van der Waals surface area contributed by atoms with Crippen LogP contribution in [0.25, 0.3) is 0 Å². The maximum absolute atomic E-state index is 12.1. The minimum Gasteiger partial charge on any atom is -0.481 e. The zero-order chi connectivity index (χ0) is 16.0. The Morgan fingerprint density at radius 3 is 2.14 bits per heavy atom. The molecule has 0 fully saturated rings. The maximum atomic E-state index is 12.1. The van der Waals surface area contributed by atoms with Crippen LogP contribution in [0.1, 0.15) is 18.4 Å². The van der Waals surface area contributed by atoms with Crippen LogP contribution in [0.5, 0.6) is 0 Å². The van der Waals surface area contributed by atoms with Gasteiger partial charge in [-0.2, -0.15) is 0 Å². The second-order valence-electron chi connectivity index (χ2n) is 4.89. The van der Waals surface area contributed by atoms with E-state index in [4.69, 9.17) is 5.11 Å². The average Bonchev–Trinajstić information content (AvgIpc) is 2.43. The fourth-order valence-electron chi connectivity index (χ4n) is 1.68. The molecule has 0 aliphatic rings. The Balaban J connectivity index is 2.71. The summed E-state index contributed by atoms with van der Waals surface area (Å²) < 4.78 is 24.1. The normalized spacial score (nSPS) is 11.1. The van der Waals surface area contributed by atoms with Gasteiger partial charge < -0.3 is 10.0 Å². The lowest BCUT2D eigenvalue weighted by Crippen LogP contribution is -2.24. The molecule has 116 valence electrons. The Labute approximate surface area is 124 Å². The van der Waals surface area contributed by atoms with Gasteiger partial charge in [0.1, 0.15) is 0 Å². The number of amides is 1. The zero-order valence-corrected chi connectivity index (χ0v) is 12.9. The number of nitrogens with zero attached hydrogens (tertiary/aromatic N) is 1. The molecule has 1 N–H and O–H groups in total. The van der Waals surface area contributed by atoms with Crippen molar-refractivity contribution < 1.29 is 23.1 Å². The molecule has 0 saturated carbocycles. The predicted molar refractivity (Wildman–Crippen MR) is 77.8 cm³/mol. The van der Waals surface area contributed by atoms with Crippen LogP contribution >= 0.6 is 0 Å². The van der Waals surface area contributed by atoms with Gasteiger partial charge in [-0.1, -0.05) is 12.1 Å². The van der Waals surface area contributed by atoms with Crippen molar-refractivity contribution in [2.45, 2.75) is 24.2 Å². The first kappa shape index (κ1) is 17.2. The van der Waals surface area contributed by atoms with Crippen molar-refractivity contribution >= 4 is 21.7 Å². The van der Waals surface area contributed by atoms with Crippen LogP contribution in [0.15, 0.2) is 29.2 Å². The highest BCUT2D eigenvalue weighted by Crippen LogP contribution is 2.14. The second kappa shape index (κ2) is 7.21. The lowest BCUT2D eigenvalue weighted by molar-refractivity contribution is -0.137. The first-order chi connectivity index (χ1) is 9.72. The summed E-state index contributed by atoms with van der Waals surface area (Å²) in [5.41, 5.74) is 0.765. The van der Waals surface area contributed by atoms with Gasteiger partial charge in [0, 0.05) is 26.9 Å². The lowest BCUT2D eigenvalue weighted by Gasteiger charge is -2.10. The number of carboxylic acids is 1. The van der Waals surface area contributed by atoms with Gasteiger partial charge in [-0.05, 0) is 24.1 Å². The second-order valence-corrected chi connectivity index (χ2v) is 7.00. The molecule has 0 aromatic heterocycles. The number of benzene rings is 1. The number of sulfone groups is 1. The van der Waals surface area contributed by atoms with E-state index >= 15 is 0 Å². The van der Waals surface area contributed by atoms with Gasteiger partial charge >= 0.3 is 5.97 Å². The summed E-state index contributed by atoms with van der Waals surface area (Å²) in [6.45, 7) is 0. The van der Waals surface area contributed by atoms with E-state index in [1.165, 1.54) is 17.0 Å². The van der Waals surface area contributed by atoms with Gasteiger partial charge in [0.05, 0.1) is 10.6 Å². The summed E-state index contributed by atoms with van der Waals surface area (Å²) in [5, 5.41) is 8.59. The minimum atomic E-state index is -3.50. The molecular weight excluding hydrogens is 294 g/mol. The highest BCUT2D eigenvalue weighted by molar-refractivity contribution is 7.91. The highest BCUT2D eigenvalue weighted by atomic mass is 32.2. The highest BCUT2D eigenvalue weighted by Gasteiger charge is 2.17. The average molecular weight is 313 g/mol. The molecule has 7 heteroatoms. The molecule has 0 saturated heterocycles. The molecule has 0 aliphatic heterocycles. The van der Waals surface area contributed by atoms with Crippen LogP contribution in [0.4, 0.5) is 0 Å². The Bertz CT molecular complexity index is 605. The number of carbonyl (C=O) groups excluding carboxylic acids is 1. The molecule has 0 atom stereocenters. The molecule has 0 heterocycles. The SMILES string of the molecule is CN(C)C(=O)CCS(=O)(=O)c1ccc(CCC(=O)O)cc1. The maximum Gasteiger partial charge on any atom is 0.303 e. The molecule has 21 heavy (non-hydrogen) atoms. The molecule has 1 aromatic rings. The van der Waals surface area contributed by atoms with Gasteiger partial charge in [0.15, 0.2) is 9.84 Å². The molecule has 1 rings (SSSR count). The van der Waals surface area contributed by atoms with Crippen molar-refractivity contribution in [1.29, 1.82) is 0 Å². The van der Waals surface area contributed by atoms with Crippen LogP contribution in [0.3, 0.4) is 0 Å². The third kappa shape index (κ3) is 5.55. The van der Waals surface area contributed by atoms with Gasteiger partial charge in [0.25, 0.3) is 0 Å². The third-order valence-corrected chi connectivity index (χ3v) is 4.73. The van der Waals surface area contributed by atoms with Crippen molar-refractivity contribution in [2.75, 3.05) is 19.8 Å². The first-order valence-corrected chi connectivity index (χ1v) is 8.11. The molecular formula is C14H19NO5S. The van der Waals surface area contributed by atoms with Crippen LogP contribution in [-0.2, 0) is 25.8 Å². The molecule has 0 aliphatic carbocycles. The Kier molecular flexibility index (Phi) is 5.90. The zero-order valence-electron chi connectivity index (χ0n) is 12.1. The van der Waals surface area contributed by atoms with E-state index in [0.29, 0.717) is 6.42 Å². The van der Waals surface area contributed by atoms with E-state index in [1.807, 2.05) is 0 Å². The van der Waals surface area contributed by atoms with Gasteiger partial charge in [-0.25, -0.2) is 8.42 Å². The van der Waals surface area contributed by atoms with Crippen LogP contribution in [-0.4, -0.2) is 50.1 Å². The molecule has 0 unspecified atom stereocenters.